The molecule has 1 amide bonds. The zero-order chi connectivity index (χ0) is 16.9. The summed E-state index contributed by atoms with van der Waals surface area (Å²) < 4.78 is 12.1. The van der Waals surface area contributed by atoms with Gasteiger partial charge in [-0.1, -0.05) is 18.2 Å². The van der Waals surface area contributed by atoms with Crippen molar-refractivity contribution >= 4 is 5.91 Å². The number of nitrogens with zero attached hydrogens (tertiary/aromatic N) is 2. The first-order chi connectivity index (χ1) is 11.7. The Kier molecular flexibility index (Phi) is 4.77. The lowest BCUT2D eigenvalue weighted by Gasteiger charge is -2.13. The van der Waals surface area contributed by atoms with Crippen molar-refractivity contribution in [3.63, 3.8) is 0 Å². The van der Waals surface area contributed by atoms with Crippen LogP contribution in [0.4, 0.5) is 0 Å². The molecule has 0 saturated carbocycles. The van der Waals surface area contributed by atoms with E-state index in [0.29, 0.717) is 23.8 Å². The molecular weight excluding hydrogens is 306 g/mol. The van der Waals surface area contributed by atoms with Crippen molar-refractivity contribution < 1.29 is 13.9 Å². The number of rotatable bonds is 6. The third kappa shape index (κ3) is 3.38. The Morgan fingerprint density at radius 1 is 1.29 bits per heavy atom. The van der Waals surface area contributed by atoms with Crippen LogP contribution in [0.2, 0.25) is 0 Å². The van der Waals surface area contributed by atoms with Crippen molar-refractivity contribution in [2.45, 2.75) is 13.0 Å². The third-order valence-electron chi connectivity index (χ3n) is 3.51. The van der Waals surface area contributed by atoms with Gasteiger partial charge in [0.15, 0.2) is 5.76 Å². The summed E-state index contributed by atoms with van der Waals surface area (Å²) in [6.45, 7) is 2.33. The standard InChI is InChI=1S/C18H19N3O3/c1-13(12-23-2)19-18(22)16-11-15(17-9-6-10-24-17)20-21(16)14-7-4-3-5-8-14/h3-11,13H,12H2,1-2H3,(H,19,22)/t13-/m0/s1. The highest BCUT2D eigenvalue weighted by Gasteiger charge is 2.19. The van der Waals surface area contributed by atoms with Gasteiger partial charge in [0, 0.05) is 19.2 Å². The van der Waals surface area contributed by atoms with Gasteiger partial charge in [0.1, 0.15) is 11.4 Å². The molecule has 0 unspecified atom stereocenters. The SMILES string of the molecule is COC[C@H](C)NC(=O)c1cc(-c2ccco2)nn1-c1ccccc1. The van der Waals surface area contributed by atoms with Gasteiger partial charge in [0.05, 0.1) is 18.6 Å². The predicted octanol–water partition coefficient (Wildman–Crippen LogP) is 2.90. The molecule has 1 atom stereocenters. The summed E-state index contributed by atoms with van der Waals surface area (Å²) >= 11 is 0. The fraction of sp³-hybridized carbons (Fsp3) is 0.222. The number of nitrogens with one attached hydrogen (secondary N) is 1. The Balaban J connectivity index is 1.98. The quantitative estimate of drug-likeness (QED) is 0.756. The van der Waals surface area contributed by atoms with E-state index in [9.17, 15) is 4.79 Å². The number of hydrogen-bond donors (Lipinski definition) is 1. The van der Waals surface area contributed by atoms with E-state index in [1.54, 1.807) is 30.2 Å². The summed E-state index contributed by atoms with van der Waals surface area (Å²) in [5.41, 5.74) is 1.85. The predicted molar refractivity (Wildman–Crippen MR) is 90.1 cm³/mol. The molecule has 0 aliphatic heterocycles. The maximum absolute atomic E-state index is 12.6. The molecule has 6 heteroatoms. The Morgan fingerprint density at radius 2 is 2.08 bits per heavy atom. The number of benzene rings is 1. The van der Waals surface area contributed by atoms with Gasteiger partial charge in [-0.2, -0.15) is 5.10 Å². The number of carbonyl (C=O) groups excluding carboxylic acids is 1. The van der Waals surface area contributed by atoms with E-state index in [-0.39, 0.29) is 11.9 Å². The van der Waals surface area contributed by atoms with Crippen molar-refractivity contribution in [1.82, 2.24) is 15.1 Å². The Morgan fingerprint density at radius 3 is 2.75 bits per heavy atom. The summed E-state index contributed by atoms with van der Waals surface area (Å²) in [4.78, 5) is 12.6. The van der Waals surface area contributed by atoms with Crippen molar-refractivity contribution in [2.24, 2.45) is 0 Å². The number of methoxy groups -OCH3 is 1. The summed E-state index contributed by atoms with van der Waals surface area (Å²) in [6.07, 6.45) is 1.58. The van der Waals surface area contributed by atoms with Gasteiger partial charge < -0.3 is 14.5 Å². The van der Waals surface area contributed by atoms with Gasteiger partial charge in [0.25, 0.3) is 5.91 Å². The second kappa shape index (κ2) is 7.14. The lowest BCUT2D eigenvalue weighted by molar-refractivity contribution is 0.0898. The largest absolute Gasteiger partial charge is 0.463 e. The lowest BCUT2D eigenvalue weighted by Crippen LogP contribution is -2.36. The number of para-hydroxylation sites is 1. The van der Waals surface area contributed by atoms with Crippen LogP contribution < -0.4 is 5.32 Å². The minimum Gasteiger partial charge on any atom is -0.463 e. The van der Waals surface area contributed by atoms with Crippen LogP contribution in [-0.2, 0) is 4.74 Å². The summed E-state index contributed by atoms with van der Waals surface area (Å²) in [6, 6.07) is 14.7. The maximum Gasteiger partial charge on any atom is 0.270 e. The molecule has 0 aliphatic rings. The molecule has 0 aliphatic carbocycles. The molecule has 1 N–H and O–H groups in total. The number of hydrogen-bond acceptors (Lipinski definition) is 4. The molecule has 24 heavy (non-hydrogen) atoms. The van der Waals surface area contributed by atoms with E-state index >= 15 is 0 Å². The fourth-order valence-corrected chi connectivity index (χ4v) is 2.44. The average molecular weight is 325 g/mol. The van der Waals surface area contributed by atoms with Crippen molar-refractivity contribution in [3.05, 3.63) is 60.5 Å². The van der Waals surface area contributed by atoms with E-state index in [4.69, 9.17) is 9.15 Å². The van der Waals surface area contributed by atoms with Crippen LogP contribution >= 0.6 is 0 Å². The second-order valence-corrected chi connectivity index (χ2v) is 5.47. The summed E-state index contributed by atoms with van der Waals surface area (Å²) in [7, 11) is 1.60. The van der Waals surface area contributed by atoms with Crippen LogP contribution in [0, 0.1) is 0 Å². The first kappa shape index (κ1) is 16.0. The van der Waals surface area contributed by atoms with Crippen LogP contribution in [0.3, 0.4) is 0 Å². The molecule has 0 fully saturated rings. The molecule has 0 radical (unpaired) electrons. The topological polar surface area (TPSA) is 69.3 Å². The molecule has 0 spiro atoms. The zero-order valence-electron chi connectivity index (χ0n) is 13.6. The van der Waals surface area contributed by atoms with Crippen LogP contribution in [0.25, 0.3) is 17.1 Å². The second-order valence-electron chi connectivity index (χ2n) is 5.47. The normalized spacial score (nSPS) is 12.1. The minimum atomic E-state index is -0.214. The van der Waals surface area contributed by atoms with E-state index < -0.39 is 0 Å². The first-order valence-corrected chi connectivity index (χ1v) is 7.68. The highest BCUT2D eigenvalue weighted by Crippen LogP contribution is 2.22. The van der Waals surface area contributed by atoms with Gasteiger partial charge >= 0.3 is 0 Å². The molecule has 3 aromatic rings. The number of ether oxygens (including phenoxy) is 1. The molecule has 2 heterocycles. The zero-order valence-corrected chi connectivity index (χ0v) is 13.6. The molecular formula is C18H19N3O3. The highest BCUT2D eigenvalue weighted by atomic mass is 16.5. The van der Waals surface area contributed by atoms with Gasteiger partial charge in [-0.25, -0.2) is 4.68 Å². The summed E-state index contributed by atoms with van der Waals surface area (Å²) in [5.74, 6) is 0.400. The van der Waals surface area contributed by atoms with E-state index in [2.05, 4.69) is 10.4 Å². The van der Waals surface area contributed by atoms with Crippen LogP contribution in [0.5, 0.6) is 0 Å². The van der Waals surface area contributed by atoms with Gasteiger partial charge in [0.2, 0.25) is 0 Å². The third-order valence-corrected chi connectivity index (χ3v) is 3.51. The van der Waals surface area contributed by atoms with E-state index in [1.807, 2.05) is 43.3 Å². The molecule has 0 saturated heterocycles. The van der Waals surface area contributed by atoms with E-state index in [1.165, 1.54) is 0 Å². The monoisotopic (exact) mass is 325 g/mol. The Hall–Kier alpha value is -2.86. The molecule has 2 aromatic heterocycles. The fourth-order valence-electron chi connectivity index (χ4n) is 2.44. The minimum absolute atomic E-state index is 0.103. The van der Waals surface area contributed by atoms with Crippen LogP contribution in [0.15, 0.2) is 59.2 Å². The highest BCUT2D eigenvalue weighted by molar-refractivity contribution is 5.94. The molecule has 3 rings (SSSR count). The summed E-state index contributed by atoms with van der Waals surface area (Å²) in [5, 5.41) is 7.44. The smallest absolute Gasteiger partial charge is 0.270 e. The molecule has 0 bridgehead atoms. The Labute approximate surface area is 140 Å². The number of amides is 1. The first-order valence-electron chi connectivity index (χ1n) is 7.68. The van der Waals surface area contributed by atoms with Crippen molar-refractivity contribution in [2.75, 3.05) is 13.7 Å². The van der Waals surface area contributed by atoms with E-state index in [0.717, 1.165) is 5.69 Å². The number of aromatic nitrogens is 2. The Bertz CT molecular complexity index is 794. The average Bonchev–Trinajstić information content (AvgIpc) is 3.25. The molecule has 6 nitrogen and oxygen atoms in total. The van der Waals surface area contributed by atoms with Crippen molar-refractivity contribution in [3.8, 4) is 17.1 Å². The van der Waals surface area contributed by atoms with Gasteiger partial charge in [-0.3, -0.25) is 4.79 Å². The van der Waals surface area contributed by atoms with Crippen LogP contribution in [-0.4, -0.2) is 35.4 Å². The number of furan rings is 1. The number of carbonyl (C=O) groups is 1. The maximum atomic E-state index is 12.6. The lowest BCUT2D eigenvalue weighted by atomic mass is 10.2. The van der Waals surface area contributed by atoms with Crippen LogP contribution in [0.1, 0.15) is 17.4 Å². The van der Waals surface area contributed by atoms with Gasteiger partial charge in [-0.05, 0) is 31.2 Å². The molecule has 124 valence electrons. The van der Waals surface area contributed by atoms with Crippen molar-refractivity contribution in [1.29, 1.82) is 0 Å². The van der Waals surface area contributed by atoms with Gasteiger partial charge in [-0.15, -0.1) is 0 Å². The molecule has 1 aromatic carbocycles.